The Hall–Kier alpha value is -1.65. The highest BCUT2D eigenvalue weighted by molar-refractivity contribution is 7.08. The molecule has 3 rings (SSSR count). The highest BCUT2D eigenvalue weighted by Gasteiger charge is 2.44. The van der Waals surface area contributed by atoms with Crippen LogP contribution in [-0.2, 0) is 21.6 Å². The van der Waals surface area contributed by atoms with Crippen LogP contribution in [0, 0.1) is 0 Å². The molecular formula is C17H19NO2S. The summed E-state index contributed by atoms with van der Waals surface area (Å²) in [6, 6.07) is 12.1. The van der Waals surface area contributed by atoms with E-state index in [2.05, 4.69) is 22.1 Å². The van der Waals surface area contributed by atoms with Crippen LogP contribution < -0.4 is 5.32 Å². The van der Waals surface area contributed by atoms with Gasteiger partial charge in [0.05, 0.1) is 6.61 Å². The molecule has 0 spiro atoms. The van der Waals surface area contributed by atoms with E-state index < -0.39 is 0 Å². The first-order valence-electron chi connectivity index (χ1n) is 7.20. The van der Waals surface area contributed by atoms with E-state index in [-0.39, 0.29) is 17.9 Å². The van der Waals surface area contributed by atoms with Crippen LogP contribution in [0.5, 0.6) is 0 Å². The summed E-state index contributed by atoms with van der Waals surface area (Å²) in [6.07, 6.45) is 2.32. The molecule has 1 N–H and O–H groups in total. The highest BCUT2D eigenvalue weighted by atomic mass is 32.1. The fraction of sp³-hybridized carbons (Fsp3) is 0.353. The summed E-state index contributed by atoms with van der Waals surface area (Å²) in [5.74, 6) is -0.0348. The van der Waals surface area contributed by atoms with Crippen molar-refractivity contribution in [2.45, 2.75) is 24.9 Å². The van der Waals surface area contributed by atoms with Crippen LogP contribution in [0.15, 0.2) is 47.2 Å². The van der Waals surface area contributed by atoms with E-state index in [1.807, 2.05) is 30.3 Å². The molecule has 0 saturated heterocycles. The van der Waals surface area contributed by atoms with Crippen LogP contribution >= 0.6 is 11.3 Å². The standard InChI is InChI=1S/C17H19NO2S/c19-16(11-20-10-14-4-2-1-3-5-14)18-13-17(7-8-17)15-6-9-21-12-15/h1-6,9,12H,7-8,10-11,13H2,(H,18,19). The number of rotatable bonds is 7. The molecular weight excluding hydrogens is 282 g/mol. The molecule has 0 aliphatic heterocycles. The van der Waals surface area contributed by atoms with Gasteiger partial charge >= 0.3 is 0 Å². The summed E-state index contributed by atoms with van der Waals surface area (Å²) in [5, 5.41) is 7.28. The van der Waals surface area contributed by atoms with Gasteiger partial charge in [0.1, 0.15) is 6.61 Å². The lowest BCUT2D eigenvalue weighted by molar-refractivity contribution is -0.126. The Kier molecular flexibility index (Phi) is 4.36. The number of amides is 1. The molecule has 110 valence electrons. The predicted octanol–water partition coefficient (Wildman–Crippen LogP) is 3.11. The van der Waals surface area contributed by atoms with Crippen molar-refractivity contribution < 1.29 is 9.53 Å². The summed E-state index contributed by atoms with van der Waals surface area (Å²) < 4.78 is 5.45. The Balaban J connectivity index is 1.39. The summed E-state index contributed by atoms with van der Waals surface area (Å²) in [5.41, 5.74) is 2.63. The third kappa shape index (κ3) is 3.71. The van der Waals surface area contributed by atoms with Gasteiger partial charge in [0.2, 0.25) is 5.91 Å². The van der Waals surface area contributed by atoms with Crippen molar-refractivity contribution in [1.82, 2.24) is 5.32 Å². The minimum atomic E-state index is -0.0348. The van der Waals surface area contributed by atoms with Gasteiger partial charge in [-0.3, -0.25) is 4.79 Å². The summed E-state index contributed by atoms with van der Waals surface area (Å²) in [4.78, 5) is 11.8. The van der Waals surface area contributed by atoms with Crippen molar-refractivity contribution in [3.63, 3.8) is 0 Å². The van der Waals surface area contributed by atoms with Crippen LogP contribution in [0.4, 0.5) is 0 Å². The van der Waals surface area contributed by atoms with Gasteiger partial charge in [-0.25, -0.2) is 0 Å². The Morgan fingerprint density at radius 2 is 2.05 bits per heavy atom. The molecule has 21 heavy (non-hydrogen) atoms. The first-order chi connectivity index (χ1) is 10.3. The average molecular weight is 301 g/mol. The summed E-state index contributed by atoms with van der Waals surface area (Å²) in [7, 11) is 0. The molecule has 1 heterocycles. The van der Waals surface area contributed by atoms with Crippen molar-refractivity contribution in [2.75, 3.05) is 13.2 Å². The Bertz CT molecular complexity index is 576. The van der Waals surface area contributed by atoms with Crippen molar-refractivity contribution >= 4 is 17.2 Å². The van der Waals surface area contributed by atoms with Gasteiger partial charge < -0.3 is 10.1 Å². The normalized spacial score (nSPS) is 15.6. The molecule has 1 aromatic carbocycles. The molecule has 0 atom stereocenters. The fourth-order valence-electron chi connectivity index (χ4n) is 2.44. The second kappa shape index (κ2) is 6.41. The zero-order chi connectivity index (χ0) is 14.5. The third-order valence-electron chi connectivity index (χ3n) is 3.96. The van der Waals surface area contributed by atoms with Gasteiger partial charge in [0, 0.05) is 12.0 Å². The van der Waals surface area contributed by atoms with Crippen molar-refractivity contribution in [2.24, 2.45) is 0 Å². The SMILES string of the molecule is O=C(COCc1ccccc1)NCC1(c2ccsc2)CC1. The number of carbonyl (C=O) groups is 1. The number of hydrogen-bond acceptors (Lipinski definition) is 3. The summed E-state index contributed by atoms with van der Waals surface area (Å²) >= 11 is 1.71. The molecule has 4 heteroatoms. The first-order valence-corrected chi connectivity index (χ1v) is 8.14. The van der Waals surface area contributed by atoms with Gasteiger partial charge in [-0.2, -0.15) is 11.3 Å². The first kappa shape index (κ1) is 14.3. The number of ether oxygens (including phenoxy) is 1. The maximum atomic E-state index is 11.8. The van der Waals surface area contributed by atoms with Crippen LogP contribution in [0.2, 0.25) is 0 Å². The monoisotopic (exact) mass is 301 g/mol. The molecule has 1 fully saturated rings. The van der Waals surface area contributed by atoms with E-state index in [4.69, 9.17) is 4.74 Å². The zero-order valence-electron chi connectivity index (χ0n) is 11.9. The number of carbonyl (C=O) groups excluding carboxylic acids is 1. The smallest absolute Gasteiger partial charge is 0.246 e. The Labute approximate surface area is 129 Å². The van der Waals surface area contributed by atoms with Gasteiger partial charge in [-0.05, 0) is 40.8 Å². The van der Waals surface area contributed by atoms with Crippen molar-refractivity contribution in [3.8, 4) is 0 Å². The van der Waals surface area contributed by atoms with E-state index in [0.717, 1.165) is 24.9 Å². The highest BCUT2D eigenvalue weighted by Crippen LogP contribution is 2.48. The predicted molar refractivity (Wildman–Crippen MR) is 84.3 cm³/mol. The van der Waals surface area contributed by atoms with E-state index >= 15 is 0 Å². The molecule has 1 aromatic heterocycles. The van der Waals surface area contributed by atoms with Crippen molar-refractivity contribution in [3.05, 3.63) is 58.3 Å². The van der Waals surface area contributed by atoms with Crippen LogP contribution in [0.3, 0.4) is 0 Å². The lowest BCUT2D eigenvalue weighted by Crippen LogP contribution is -2.34. The number of hydrogen-bond donors (Lipinski definition) is 1. The minimum Gasteiger partial charge on any atom is -0.367 e. The van der Waals surface area contributed by atoms with Crippen LogP contribution in [-0.4, -0.2) is 19.1 Å². The largest absolute Gasteiger partial charge is 0.367 e. The molecule has 0 radical (unpaired) electrons. The second-order valence-electron chi connectivity index (χ2n) is 5.55. The minimum absolute atomic E-state index is 0.0348. The van der Waals surface area contributed by atoms with Gasteiger partial charge in [-0.1, -0.05) is 30.3 Å². The molecule has 1 aliphatic carbocycles. The quantitative estimate of drug-likeness (QED) is 0.853. The molecule has 0 unspecified atom stereocenters. The lowest BCUT2D eigenvalue weighted by Gasteiger charge is -2.14. The molecule has 1 aliphatic rings. The summed E-state index contributed by atoms with van der Waals surface area (Å²) in [6.45, 7) is 1.32. The second-order valence-corrected chi connectivity index (χ2v) is 6.33. The topological polar surface area (TPSA) is 38.3 Å². The van der Waals surface area contributed by atoms with Crippen LogP contribution in [0.1, 0.15) is 24.0 Å². The van der Waals surface area contributed by atoms with E-state index in [1.165, 1.54) is 5.56 Å². The lowest BCUT2D eigenvalue weighted by atomic mass is 9.99. The van der Waals surface area contributed by atoms with Gasteiger partial charge in [0.15, 0.2) is 0 Å². The molecule has 1 amide bonds. The third-order valence-corrected chi connectivity index (χ3v) is 4.64. The van der Waals surface area contributed by atoms with E-state index in [9.17, 15) is 4.79 Å². The Morgan fingerprint density at radius 3 is 2.71 bits per heavy atom. The zero-order valence-corrected chi connectivity index (χ0v) is 12.7. The van der Waals surface area contributed by atoms with Crippen LogP contribution in [0.25, 0.3) is 0 Å². The molecule has 2 aromatic rings. The number of thiophene rings is 1. The van der Waals surface area contributed by atoms with E-state index in [0.29, 0.717) is 6.61 Å². The maximum Gasteiger partial charge on any atom is 0.246 e. The average Bonchev–Trinajstić information content (AvgIpc) is 3.09. The number of nitrogens with one attached hydrogen (secondary N) is 1. The molecule has 1 saturated carbocycles. The van der Waals surface area contributed by atoms with Gasteiger partial charge in [-0.15, -0.1) is 0 Å². The van der Waals surface area contributed by atoms with Gasteiger partial charge in [0.25, 0.3) is 0 Å². The number of benzene rings is 1. The maximum absolute atomic E-state index is 11.8. The van der Waals surface area contributed by atoms with E-state index in [1.54, 1.807) is 11.3 Å². The molecule has 3 nitrogen and oxygen atoms in total. The fourth-order valence-corrected chi connectivity index (χ4v) is 3.22. The Morgan fingerprint density at radius 1 is 1.24 bits per heavy atom. The molecule has 0 bridgehead atoms. The van der Waals surface area contributed by atoms with Crippen molar-refractivity contribution in [1.29, 1.82) is 0 Å².